The number of nitrogens with zero attached hydrogens (tertiary/aromatic N) is 1. The molecule has 0 saturated heterocycles. The fourth-order valence-electron chi connectivity index (χ4n) is 2.33. The fraction of sp³-hybridized carbons (Fsp3) is 0.231. The monoisotopic (exact) mass is 281 g/mol. The van der Waals surface area contributed by atoms with E-state index in [0.717, 1.165) is 17.9 Å². The van der Waals surface area contributed by atoms with Crippen LogP contribution in [0.25, 0.3) is 10.9 Å². The van der Waals surface area contributed by atoms with E-state index in [9.17, 15) is 18.7 Å². The molecule has 0 unspecified atom stereocenters. The van der Waals surface area contributed by atoms with Crippen LogP contribution < -0.4 is 0 Å². The number of hydrogen-bond acceptors (Lipinski definition) is 3. The Labute approximate surface area is 111 Å². The number of aromatic carboxylic acids is 1. The number of aromatic nitrogens is 1. The first-order valence-corrected chi connectivity index (χ1v) is 6.85. The summed E-state index contributed by atoms with van der Waals surface area (Å²) in [7, 11) is 0. The van der Waals surface area contributed by atoms with Crippen molar-refractivity contribution < 1.29 is 18.7 Å². The van der Waals surface area contributed by atoms with Crippen molar-refractivity contribution in [1.29, 1.82) is 0 Å². The zero-order valence-electron chi connectivity index (χ0n) is 9.74. The highest BCUT2D eigenvalue weighted by Gasteiger charge is 2.24. The number of thioether (sulfide) groups is 1. The van der Waals surface area contributed by atoms with Crippen LogP contribution in [-0.4, -0.2) is 21.8 Å². The minimum Gasteiger partial charge on any atom is -0.478 e. The van der Waals surface area contributed by atoms with Gasteiger partial charge in [0.15, 0.2) is 5.82 Å². The van der Waals surface area contributed by atoms with Crippen molar-refractivity contribution in [2.45, 2.75) is 12.2 Å². The number of hydrogen-bond donors (Lipinski definition) is 1. The fourth-order valence-corrected chi connectivity index (χ4v) is 3.33. The summed E-state index contributed by atoms with van der Waals surface area (Å²) in [5.41, 5.74) is 1.10. The number of carboxylic acid groups (broad SMARTS) is 1. The summed E-state index contributed by atoms with van der Waals surface area (Å²) in [5.74, 6) is -1.45. The topological polar surface area (TPSA) is 50.2 Å². The molecule has 3 rings (SSSR count). The van der Waals surface area contributed by atoms with Gasteiger partial charge in [0.05, 0.1) is 5.56 Å². The molecule has 0 spiro atoms. The van der Waals surface area contributed by atoms with Gasteiger partial charge >= 0.3 is 5.97 Å². The highest BCUT2D eigenvalue weighted by molar-refractivity contribution is 7.98. The minimum absolute atomic E-state index is 0.0226. The second-order valence-corrected chi connectivity index (χ2v) is 5.41. The van der Waals surface area contributed by atoms with Crippen LogP contribution in [0, 0.1) is 11.6 Å². The molecule has 3 nitrogen and oxygen atoms in total. The molecule has 2 aromatic rings. The van der Waals surface area contributed by atoms with Gasteiger partial charge in [-0.1, -0.05) is 0 Å². The summed E-state index contributed by atoms with van der Waals surface area (Å²) in [4.78, 5) is 15.6. The van der Waals surface area contributed by atoms with Gasteiger partial charge in [-0.3, -0.25) is 0 Å². The summed E-state index contributed by atoms with van der Waals surface area (Å²) in [6.45, 7) is 0. The third-order valence-corrected chi connectivity index (χ3v) is 4.12. The SMILES string of the molecule is O=C(O)c1c2c(nc3c(F)cc(F)cc13)CCSC2. The molecule has 0 atom stereocenters. The number of rotatable bonds is 1. The number of fused-ring (bicyclic) bond motifs is 2. The predicted octanol–water partition coefficient (Wildman–Crippen LogP) is 3.00. The predicted molar refractivity (Wildman–Crippen MR) is 68.5 cm³/mol. The first kappa shape index (κ1) is 12.3. The smallest absolute Gasteiger partial charge is 0.336 e. The molecule has 19 heavy (non-hydrogen) atoms. The molecule has 1 aromatic carbocycles. The lowest BCUT2D eigenvalue weighted by Crippen LogP contribution is -2.13. The summed E-state index contributed by atoms with van der Waals surface area (Å²) >= 11 is 1.60. The molecule has 1 aliphatic heterocycles. The Morgan fingerprint density at radius 3 is 2.89 bits per heavy atom. The zero-order chi connectivity index (χ0) is 13.6. The van der Waals surface area contributed by atoms with E-state index in [-0.39, 0.29) is 16.5 Å². The highest BCUT2D eigenvalue weighted by Crippen LogP contribution is 2.32. The summed E-state index contributed by atoms with van der Waals surface area (Å²) in [5, 5.41) is 9.37. The Balaban J connectivity index is 2.46. The van der Waals surface area contributed by atoms with Crippen molar-refractivity contribution in [3.05, 3.63) is 40.6 Å². The van der Waals surface area contributed by atoms with Gasteiger partial charge in [-0.25, -0.2) is 18.6 Å². The van der Waals surface area contributed by atoms with E-state index in [1.165, 1.54) is 0 Å². The molecule has 0 saturated carbocycles. The van der Waals surface area contributed by atoms with Crippen LogP contribution in [-0.2, 0) is 12.2 Å². The van der Waals surface area contributed by atoms with Crippen LogP contribution >= 0.6 is 11.8 Å². The standard InChI is InChI=1S/C13H9F2NO2S/c14-6-3-7-11(13(17)18)8-5-19-2-1-10(8)16-12(7)9(15)4-6/h3-4H,1-2,5H2,(H,17,18). The van der Waals surface area contributed by atoms with E-state index in [4.69, 9.17) is 0 Å². The Bertz CT molecular complexity index is 703. The zero-order valence-corrected chi connectivity index (χ0v) is 10.6. The lowest BCUT2D eigenvalue weighted by molar-refractivity contribution is 0.0698. The molecule has 1 aromatic heterocycles. The molecule has 2 heterocycles. The van der Waals surface area contributed by atoms with Gasteiger partial charge < -0.3 is 5.11 Å². The van der Waals surface area contributed by atoms with E-state index in [2.05, 4.69) is 4.98 Å². The van der Waals surface area contributed by atoms with E-state index in [0.29, 0.717) is 23.4 Å². The molecule has 0 aliphatic carbocycles. The van der Waals surface area contributed by atoms with Crippen molar-refractivity contribution in [3.63, 3.8) is 0 Å². The largest absolute Gasteiger partial charge is 0.478 e. The van der Waals surface area contributed by atoms with Crippen molar-refractivity contribution in [3.8, 4) is 0 Å². The van der Waals surface area contributed by atoms with Gasteiger partial charge in [0.2, 0.25) is 0 Å². The molecule has 0 fully saturated rings. The highest BCUT2D eigenvalue weighted by atomic mass is 32.2. The van der Waals surface area contributed by atoms with Crippen LogP contribution in [0.4, 0.5) is 8.78 Å². The Morgan fingerprint density at radius 1 is 1.37 bits per heavy atom. The van der Waals surface area contributed by atoms with Crippen molar-refractivity contribution in [2.24, 2.45) is 0 Å². The lowest BCUT2D eigenvalue weighted by atomic mass is 9.99. The molecule has 1 N–H and O–H groups in total. The van der Waals surface area contributed by atoms with Crippen molar-refractivity contribution in [2.75, 3.05) is 5.75 Å². The maximum absolute atomic E-state index is 13.8. The number of carboxylic acids is 1. The van der Waals surface area contributed by atoms with Gasteiger partial charge in [0.25, 0.3) is 0 Å². The van der Waals surface area contributed by atoms with E-state index in [1.54, 1.807) is 11.8 Å². The molecule has 98 valence electrons. The molecule has 0 bridgehead atoms. The first-order valence-electron chi connectivity index (χ1n) is 5.69. The molecule has 6 heteroatoms. The van der Waals surface area contributed by atoms with Gasteiger partial charge in [-0.15, -0.1) is 0 Å². The van der Waals surface area contributed by atoms with Crippen LogP contribution in [0.3, 0.4) is 0 Å². The molecular formula is C13H9F2NO2S. The lowest BCUT2D eigenvalue weighted by Gasteiger charge is -2.18. The van der Waals surface area contributed by atoms with Crippen molar-refractivity contribution in [1.82, 2.24) is 4.98 Å². The molecule has 0 radical (unpaired) electrons. The van der Waals surface area contributed by atoms with E-state index in [1.807, 2.05) is 0 Å². The average molecular weight is 281 g/mol. The maximum atomic E-state index is 13.8. The quantitative estimate of drug-likeness (QED) is 0.873. The van der Waals surface area contributed by atoms with Crippen LogP contribution in [0.5, 0.6) is 0 Å². The summed E-state index contributed by atoms with van der Waals surface area (Å²) in [6, 6.07) is 1.76. The number of pyridine rings is 1. The Kier molecular flexibility index (Phi) is 2.89. The molecule has 1 aliphatic rings. The normalized spacial score (nSPS) is 14.4. The molecule has 0 amide bonds. The van der Waals surface area contributed by atoms with Crippen LogP contribution in [0.1, 0.15) is 21.6 Å². The number of halogens is 2. The van der Waals surface area contributed by atoms with Crippen molar-refractivity contribution >= 4 is 28.6 Å². The van der Waals surface area contributed by atoms with Crippen LogP contribution in [0.2, 0.25) is 0 Å². The Hall–Kier alpha value is -1.69. The van der Waals surface area contributed by atoms with Gasteiger partial charge in [-0.2, -0.15) is 11.8 Å². The van der Waals surface area contributed by atoms with E-state index >= 15 is 0 Å². The first-order chi connectivity index (χ1) is 9.08. The second kappa shape index (κ2) is 4.45. The minimum atomic E-state index is -1.17. The van der Waals surface area contributed by atoms with Gasteiger partial charge in [-0.05, 0) is 23.8 Å². The summed E-state index contributed by atoms with van der Waals surface area (Å²) < 4.78 is 27.1. The average Bonchev–Trinajstić information content (AvgIpc) is 2.36. The van der Waals surface area contributed by atoms with Gasteiger partial charge in [0, 0.05) is 22.9 Å². The van der Waals surface area contributed by atoms with Crippen LogP contribution in [0.15, 0.2) is 12.1 Å². The summed E-state index contributed by atoms with van der Waals surface area (Å²) in [6.07, 6.45) is 0.604. The third-order valence-electron chi connectivity index (χ3n) is 3.14. The number of benzene rings is 1. The van der Waals surface area contributed by atoms with Gasteiger partial charge in [0.1, 0.15) is 11.3 Å². The number of aryl methyl sites for hydroxylation is 1. The second-order valence-electron chi connectivity index (χ2n) is 4.30. The maximum Gasteiger partial charge on any atom is 0.336 e. The third kappa shape index (κ3) is 1.96. The Morgan fingerprint density at radius 2 is 2.16 bits per heavy atom. The molecular weight excluding hydrogens is 272 g/mol. The number of carbonyl (C=O) groups is 1. The van der Waals surface area contributed by atoms with E-state index < -0.39 is 17.6 Å².